The maximum Gasteiger partial charge on any atom is 0.376 e. The van der Waals surface area contributed by atoms with Crippen LogP contribution in [0.3, 0.4) is 0 Å². The summed E-state index contributed by atoms with van der Waals surface area (Å²) in [6, 6.07) is 3.12. The second-order valence-electron chi connectivity index (χ2n) is 3.57. The Morgan fingerprint density at radius 2 is 1.74 bits per heavy atom. The molecule has 0 bridgehead atoms. The summed E-state index contributed by atoms with van der Waals surface area (Å²) in [6.07, 6.45) is 0.746. The van der Waals surface area contributed by atoms with Crippen LogP contribution >= 0.6 is 0 Å². The van der Waals surface area contributed by atoms with E-state index in [2.05, 4.69) is 4.89 Å². The summed E-state index contributed by atoms with van der Waals surface area (Å²) in [4.78, 5) is 21.3. The van der Waals surface area contributed by atoms with Gasteiger partial charge in [-0.1, -0.05) is 6.92 Å². The normalized spacial score (nSPS) is 9.89. The second kappa shape index (κ2) is 7.48. The quantitative estimate of drug-likeness (QED) is 0.430. The molecule has 1 aromatic carbocycles. The van der Waals surface area contributed by atoms with Gasteiger partial charge in [-0.2, -0.15) is 4.89 Å². The lowest BCUT2D eigenvalue weighted by molar-refractivity contribution is -0.240. The van der Waals surface area contributed by atoms with E-state index < -0.39 is 5.97 Å². The molecule has 0 unspecified atom stereocenters. The fraction of sp³-hybridized carbons (Fsp3) is 0.462. The molecule has 19 heavy (non-hydrogen) atoms. The van der Waals surface area contributed by atoms with Crippen molar-refractivity contribution >= 4 is 5.97 Å². The standard InChI is InChI=1S/C13H18O6/c1-5-8-18-19-13(14)9-6-7-10(15-2)12(17-4)11(9)16-3/h6-7H,5,8H2,1-4H3. The van der Waals surface area contributed by atoms with Crippen LogP contribution in [0, 0.1) is 0 Å². The van der Waals surface area contributed by atoms with Crippen molar-refractivity contribution in [3.8, 4) is 17.2 Å². The first-order chi connectivity index (χ1) is 9.19. The third-order valence-electron chi connectivity index (χ3n) is 2.35. The van der Waals surface area contributed by atoms with Gasteiger partial charge in [-0.25, -0.2) is 4.79 Å². The van der Waals surface area contributed by atoms with Gasteiger partial charge >= 0.3 is 5.97 Å². The molecule has 0 amide bonds. The molecule has 0 spiro atoms. The average molecular weight is 270 g/mol. The van der Waals surface area contributed by atoms with Gasteiger partial charge in [0.1, 0.15) is 5.56 Å². The molecular weight excluding hydrogens is 252 g/mol. The zero-order valence-corrected chi connectivity index (χ0v) is 11.5. The molecule has 0 radical (unpaired) electrons. The number of hydrogen-bond donors (Lipinski definition) is 0. The van der Waals surface area contributed by atoms with Crippen molar-refractivity contribution in [1.82, 2.24) is 0 Å². The van der Waals surface area contributed by atoms with Crippen LogP contribution in [-0.2, 0) is 9.78 Å². The molecule has 0 fully saturated rings. The van der Waals surface area contributed by atoms with E-state index in [0.29, 0.717) is 18.1 Å². The van der Waals surface area contributed by atoms with Gasteiger partial charge in [0.2, 0.25) is 5.75 Å². The molecule has 1 aromatic rings. The summed E-state index contributed by atoms with van der Waals surface area (Å²) in [6.45, 7) is 2.24. The third-order valence-corrected chi connectivity index (χ3v) is 2.35. The number of ether oxygens (including phenoxy) is 3. The van der Waals surface area contributed by atoms with Gasteiger partial charge in [0.15, 0.2) is 11.5 Å². The van der Waals surface area contributed by atoms with E-state index in [1.807, 2.05) is 6.92 Å². The minimum atomic E-state index is -0.647. The zero-order valence-electron chi connectivity index (χ0n) is 11.5. The Labute approximate surface area is 112 Å². The predicted octanol–water partition coefficient (Wildman–Crippen LogP) is 2.21. The summed E-state index contributed by atoms with van der Waals surface area (Å²) in [5, 5.41) is 0. The van der Waals surface area contributed by atoms with Crippen molar-refractivity contribution in [1.29, 1.82) is 0 Å². The van der Waals surface area contributed by atoms with Crippen LogP contribution < -0.4 is 14.2 Å². The van der Waals surface area contributed by atoms with Crippen molar-refractivity contribution in [3.63, 3.8) is 0 Å². The lowest BCUT2D eigenvalue weighted by Crippen LogP contribution is -2.09. The zero-order chi connectivity index (χ0) is 14.3. The van der Waals surface area contributed by atoms with Gasteiger partial charge in [-0.3, -0.25) is 4.89 Å². The molecule has 0 saturated carbocycles. The highest BCUT2D eigenvalue weighted by Crippen LogP contribution is 2.39. The molecule has 0 atom stereocenters. The van der Waals surface area contributed by atoms with Gasteiger partial charge in [0.05, 0.1) is 27.9 Å². The number of benzene rings is 1. The van der Waals surface area contributed by atoms with E-state index >= 15 is 0 Å². The van der Waals surface area contributed by atoms with Gasteiger partial charge in [0.25, 0.3) is 0 Å². The van der Waals surface area contributed by atoms with E-state index in [1.54, 1.807) is 6.07 Å². The molecule has 106 valence electrons. The van der Waals surface area contributed by atoms with Crippen LogP contribution in [0.4, 0.5) is 0 Å². The van der Waals surface area contributed by atoms with Crippen molar-refractivity contribution in [2.24, 2.45) is 0 Å². The Balaban J connectivity index is 3.03. The monoisotopic (exact) mass is 270 g/mol. The number of hydrogen-bond acceptors (Lipinski definition) is 6. The third kappa shape index (κ3) is 3.51. The molecule has 0 N–H and O–H groups in total. The first kappa shape index (κ1) is 15.1. The number of methoxy groups -OCH3 is 3. The number of rotatable bonds is 7. The Kier molecular flexibility index (Phi) is 5.95. The van der Waals surface area contributed by atoms with Gasteiger partial charge in [-0.05, 0) is 18.6 Å². The van der Waals surface area contributed by atoms with Crippen molar-refractivity contribution < 1.29 is 28.8 Å². The molecule has 0 aliphatic heterocycles. The smallest absolute Gasteiger partial charge is 0.376 e. The molecule has 0 aromatic heterocycles. The van der Waals surface area contributed by atoms with E-state index in [4.69, 9.17) is 19.1 Å². The maximum absolute atomic E-state index is 11.8. The van der Waals surface area contributed by atoms with E-state index in [-0.39, 0.29) is 11.3 Å². The predicted molar refractivity (Wildman–Crippen MR) is 67.8 cm³/mol. The summed E-state index contributed by atoms with van der Waals surface area (Å²) >= 11 is 0. The fourth-order valence-electron chi connectivity index (χ4n) is 1.49. The molecule has 0 aliphatic rings. The highest BCUT2D eigenvalue weighted by Gasteiger charge is 2.22. The van der Waals surface area contributed by atoms with E-state index in [9.17, 15) is 4.79 Å². The van der Waals surface area contributed by atoms with E-state index in [0.717, 1.165) is 6.42 Å². The van der Waals surface area contributed by atoms with Crippen molar-refractivity contribution in [3.05, 3.63) is 17.7 Å². The van der Waals surface area contributed by atoms with Crippen LogP contribution in [0.1, 0.15) is 23.7 Å². The molecule has 6 heteroatoms. The minimum Gasteiger partial charge on any atom is -0.493 e. The van der Waals surface area contributed by atoms with Gasteiger partial charge < -0.3 is 14.2 Å². The first-order valence-electron chi connectivity index (χ1n) is 5.82. The lowest BCUT2D eigenvalue weighted by Gasteiger charge is -2.14. The number of carbonyl (C=O) groups is 1. The van der Waals surface area contributed by atoms with Crippen LogP contribution in [0.25, 0.3) is 0 Å². The molecule has 6 nitrogen and oxygen atoms in total. The first-order valence-corrected chi connectivity index (χ1v) is 5.82. The Morgan fingerprint density at radius 1 is 1.05 bits per heavy atom. The van der Waals surface area contributed by atoms with Gasteiger partial charge in [0, 0.05) is 0 Å². The molecule has 0 saturated heterocycles. The Hall–Kier alpha value is -1.95. The largest absolute Gasteiger partial charge is 0.493 e. The van der Waals surface area contributed by atoms with Gasteiger partial charge in [-0.15, -0.1) is 0 Å². The van der Waals surface area contributed by atoms with Crippen molar-refractivity contribution in [2.75, 3.05) is 27.9 Å². The Morgan fingerprint density at radius 3 is 2.26 bits per heavy atom. The summed E-state index contributed by atoms with van der Waals surface area (Å²) in [5.74, 6) is 0.388. The lowest BCUT2D eigenvalue weighted by atomic mass is 10.1. The topological polar surface area (TPSA) is 63.2 Å². The molecule has 1 rings (SSSR count). The molecule has 0 aliphatic carbocycles. The minimum absolute atomic E-state index is 0.205. The SMILES string of the molecule is CCCOOC(=O)c1ccc(OC)c(OC)c1OC. The molecule has 0 heterocycles. The summed E-state index contributed by atoms with van der Waals surface area (Å²) in [7, 11) is 4.39. The van der Waals surface area contributed by atoms with Crippen LogP contribution in [-0.4, -0.2) is 33.9 Å². The number of carbonyl (C=O) groups excluding carboxylic acids is 1. The fourth-order valence-corrected chi connectivity index (χ4v) is 1.49. The van der Waals surface area contributed by atoms with Crippen molar-refractivity contribution in [2.45, 2.75) is 13.3 Å². The van der Waals surface area contributed by atoms with Crippen LogP contribution in [0.15, 0.2) is 12.1 Å². The average Bonchev–Trinajstić information content (AvgIpc) is 2.45. The summed E-state index contributed by atoms with van der Waals surface area (Å²) in [5.41, 5.74) is 0.205. The maximum atomic E-state index is 11.8. The van der Waals surface area contributed by atoms with Crippen LogP contribution in [0.5, 0.6) is 17.2 Å². The summed E-state index contributed by atoms with van der Waals surface area (Å²) < 4.78 is 15.5. The molecular formula is C13H18O6. The highest BCUT2D eigenvalue weighted by molar-refractivity contribution is 5.93. The second-order valence-corrected chi connectivity index (χ2v) is 3.57. The van der Waals surface area contributed by atoms with Crippen LogP contribution in [0.2, 0.25) is 0 Å². The Bertz CT molecular complexity index is 429. The highest BCUT2D eigenvalue weighted by atomic mass is 17.2. The van der Waals surface area contributed by atoms with E-state index in [1.165, 1.54) is 27.4 Å².